The molecule has 0 heterocycles. The molecule has 26 heavy (non-hydrogen) atoms. The number of esters is 1. The van der Waals surface area contributed by atoms with Crippen molar-refractivity contribution < 1.29 is 19.1 Å². The second kappa shape index (κ2) is 12.3. The van der Waals surface area contributed by atoms with Crippen LogP contribution in [-0.4, -0.2) is 35.7 Å². The molecule has 1 rings (SSSR count). The number of carbonyl (C=O) groups is 3. The van der Waals surface area contributed by atoms with Gasteiger partial charge in [0.1, 0.15) is 12.9 Å². The Morgan fingerprint density at radius 1 is 1.31 bits per heavy atom. The van der Waals surface area contributed by atoms with Crippen LogP contribution in [0.4, 0.5) is 0 Å². The fourth-order valence-electron chi connectivity index (χ4n) is 2.40. The number of hydrogen-bond acceptors (Lipinski definition) is 5. The monoisotopic (exact) mass is 377 g/mol. The first kappa shape index (κ1) is 22.0. The fraction of sp³-hybridized carbons (Fsp3) is 0.450. The summed E-state index contributed by atoms with van der Waals surface area (Å²) in [6, 6.07) is 7.62. The number of ether oxygens (including phenoxy) is 1. The average molecular weight is 378 g/mol. The van der Waals surface area contributed by atoms with Crippen LogP contribution in [0, 0.1) is 5.92 Å². The summed E-state index contributed by atoms with van der Waals surface area (Å²) < 4.78 is 5.25. The summed E-state index contributed by atoms with van der Waals surface area (Å²) in [5, 5.41) is 2.77. The van der Waals surface area contributed by atoms with E-state index in [4.69, 9.17) is 4.74 Å². The quantitative estimate of drug-likeness (QED) is 0.344. The van der Waals surface area contributed by atoms with Gasteiger partial charge < -0.3 is 14.8 Å². The molecule has 0 spiro atoms. The second-order valence-corrected chi connectivity index (χ2v) is 7.31. The standard InChI is InChI=1S/C20H27NO4S/c1-4-17-5-7-18(8-6-17)13-25-20(24)9-10-26-14-19(12-22)11-15(2)21-16(3)23/h4-8,12,15,19H,1,9-11,13-14H2,2-3H3,(H,21,23). The van der Waals surface area contributed by atoms with Crippen molar-refractivity contribution in [2.75, 3.05) is 11.5 Å². The SMILES string of the molecule is C=Cc1ccc(COC(=O)CCSCC(C=O)CC(C)NC(C)=O)cc1. The Morgan fingerprint density at radius 3 is 2.58 bits per heavy atom. The number of thioether (sulfide) groups is 1. The minimum Gasteiger partial charge on any atom is -0.461 e. The third-order valence-electron chi connectivity index (χ3n) is 3.70. The van der Waals surface area contributed by atoms with Gasteiger partial charge in [-0.15, -0.1) is 0 Å². The summed E-state index contributed by atoms with van der Waals surface area (Å²) in [6.45, 7) is 7.29. The maximum Gasteiger partial charge on any atom is 0.306 e. The van der Waals surface area contributed by atoms with Crippen molar-refractivity contribution in [3.63, 3.8) is 0 Å². The summed E-state index contributed by atoms with van der Waals surface area (Å²) >= 11 is 1.55. The zero-order valence-corrected chi connectivity index (χ0v) is 16.2. The van der Waals surface area contributed by atoms with E-state index in [-0.39, 0.29) is 30.4 Å². The van der Waals surface area contributed by atoms with Crippen LogP contribution in [0.2, 0.25) is 0 Å². The molecular formula is C20H27NO4S. The van der Waals surface area contributed by atoms with Gasteiger partial charge in [-0.25, -0.2) is 0 Å². The van der Waals surface area contributed by atoms with Crippen molar-refractivity contribution in [2.24, 2.45) is 5.92 Å². The lowest BCUT2D eigenvalue weighted by Crippen LogP contribution is -2.32. The number of hydrogen-bond donors (Lipinski definition) is 1. The summed E-state index contributed by atoms with van der Waals surface area (Å²) in [7, 11) is 0. The van der Waals surface area contributed by atoms with Crippen LogP contribution < -0.4 is 5.32 Å². The van der Waals surface area contributed by atoms with Crippen molar-refractivity contribution in [2.45, 2.75) is 39.3 Å². The zero-order valence-electron chi connectivity index (χ0n) is 15.4. The normalized spacial score (nSPS) is 12.7. The Balaban J connectivity index is 2.20. The Labute approximate surface area is 159 Å². The minimum atomic E-state index is -0.250. The van der Waals surface area contributed by atoms with E-state index in [9.17, 15) is 14.4 Å². The number of nitrogens with one attached hydrogen (secondary N) is 1. The lowest BCUT2D eigenvalue weighted by atomic mass is 10.0. The summed E-state index contributed by atoms with van der Waals surface area (Å²) in [5.74, 6) is 0.745. The van der Waals surface area contributed by atoms with Gasteiger partial charge in [0, 0.05) is 30.4 Å². The molecule has 2 atom stereocenters. The van der Waals surface area contributed by atoms with E-state index in [1.54, 1.807) is 17.8 Å². The van der Waals surface area contributed by atoms with Gasteiger partial charge in [-0.2, -0.15) is 11.8 Å². The molecule has 1 N–H and O–H groups in total. The lowest BCUT2D eigenvalue weighted by molar-refractivity contribution is -0.144. The number of benzene rings is 1. The smallest absolute Gasteiger partial charge is 0.306 e. The van der Waals surface area contributed by atoms with Crippen LogP contribution in [0.1, 0.15) is 37.8 Å². The number of carbonyl (C=O) groups excluding carboxylic acids is 3. The lowest BCUT2D eigenvalue weighted by Gasteiger charge is -2.16. The van der Waals surface area contributed by atoms with E-state index < -0.39 is 0 Å². The maximum atomic E-state index is 11.8. The van der Waals surface area contributed by atoms with Gasteiger partial charge >= 0.3 is 5.97 Å². The van der Waals surface area contributed by atoms with Crippen LogP contribution in [0.25, 0.3) is 6.08 Å². The molecule has 0 fully saturated rings. The molecule has 0 radical (unpaired) electrons. The molecule has 1 amide bonds. The third kappa shape index (κ3) is 9.42. The van der Waals surface area contributed by atoms with Crippen LogP contribution >= 0.6 is 11.8 Å². The highest BCUT2D eigenvalue weighted by atomic mass is 32.2. The van der Waals surface area contributed by atoms with Crippen LogP contribution in [-0.2, 0) is 25.7 Å². The van der Waals surface area contributed by atoms with Gasteiger partial charge in [0.15, 0.2) is 0 Å². The van der Waals surface area contributed by atoms with Gasteiger partial charge in [-0.1, -0.05) is 36.9 Å². The van der Waals surface area contributed by atoms with Gasteiger partial charge in [0.05, 0.1) is 6.42 Å². The summed E-state index contributed by atoms with van der Waals surface area (Å²) in [4.78, 5) is 33.9. The van der Waals surface area contributed by atoms with Crippen LogP contribution in [0.3, 0.4) is 0 Å². The molecule has 1 aromatic rings. The van der Waals surface area contributed by atoms with Crippen LogP contribution in [0.5, 0.6) is 0 Å². The first-order valence-electron chi connectivity index (χ1n) is 8.61. The van der Waals surface area contributed by atoms with Crippen molar-refractivity contribution >= 4 is 36.0 Å². The topological polar surface area (TPSA) is 72.5 Å². The molecular weight excluding hydrogens is 350 g/mol. The largest absolute Gasteiger partial charge is 0.461 e. The maximum absolute atomic E-state index is 11.8. The van der Waals surface area contributed by atoms with Gasteiger partial charge in [0.25, 0.3) is 0 Å². The number of amides is 1. The number of rotatable bonds is 12. The molecule has 0 aliphatic carbocycles. The van der Waals surface area contributed by atoms with Crippen molar-refractivity contribution in [3.8, 4) is 0 Å². The van der Waals surface area contributed by atoms with Crippen molar-refractivity contribution in [1.82, 2.24) is 5.32 Å². The predicted molar refractivity (Wildman–Crippen MR) is 106 cm³/mol. The van der Waals surface area contributed by atoms with Gasteiger partial charge in [0.2, 0.25) is 5.91 Å². The molecule has 142 valence electrons. The van der Waals surface area contributed by atoms with E-state index in [1.807, 2.05) is 31.2 Å². The Morgan fingerprint density at radius 2 is 2.00 bits per heavy atom. The second-order valence-electron chi connectivity index (χ2n) is 6.16. The Bertz CT molecular complexity index is 600. The molecule has 0 aromatic heterocycles. The predicted octanol–water partition coefficient (Wildman–Crippen LogP) is 3.23. The van der Waals surface area contributed by atoms with Gasteiger partial charge in [-0.3, -0.25) is 9.59 Å². The molecule has 0 saturated heterocycles. The molecule has 2 unspecified atom stereocenters. The third-order valence-corrected chi connectivity index (χ3v) is 4.85. The molecule has 6 heteroatoms. The molecule has 0 aliphatic heterocycles. The van der Waals surface area contributed by atoms with Crippen molar-refractivity contribution in [3.05, 3.63) is 42.0 Å². The fourth-order valence-corrected chi connectivity index (χ4v) is 3.39. The first-order chi connectivity index (χ1) is 12.4. The van der Waals surface area contributed by atoms with E-state index in [0.29, 0.717) is 24.3 Å². The Hall–Kier alpha value is -2.08. The highest BCUT2D eigenvalue weighted by Gasteiger charge is 2.14. The van der Waals surface area contributed by atoms with Crippen LogP contribution in [0.15, 0.2) is 30.8 Å². The zero-order chi connectivity index (χ0) is 19.4. The van der Waals surface area contributed by atoms with E-state index in [0.717, 1.165) is 17.4 Å². The minimum absolute atomic E-state index is 0.0410. The molecule has 0 bridgehead atoms. The molecule has 0 aliphatic rings. The highest BCUT2D eigenvalue weighted by molar-refractivity contribution is 7.99. The molecule has 5 nitrogen and oxygen atoms in total. The summed E-state index contributed by atoms with van der Waals surface area (Å²) in [6.07, 6.45) is 3.58. The molecule has 0 saturated carbocycles. The first-order valence-corrected chi connectivity index (χ1v) is 9.77. The molecule has 1 aromatic carbocycles. The summed E-state index contributed by atoms with van der Waals surface area (Å²) in [5.41, 5.74) is 1.96. The average Bonchev–Trinajstić information content (AvgIpc) is 2.62. The van der Waals surface area contributed by atoms with Crippen molar-refractivity contribution in [1.29, 1.82) is 0 Å². The van der Waals surface area contributed by atoms with E-state index in [1.165, 1.54) is 6.92 Å². The highest BCUT2D eigenvalue weighted by Crippen LogP contribution is 2.14. The Kier molecular flexibility index (Phi) is 10.4. The number of aldehydes is 1. The van der Waals surface area contributed by atoms with E-state index in [2.05, 4.69) is 11.9 Å². The van der Waals surface area contributed by atoms with Gasteiger partial charge in [-0.05, 0) is 24.5 Å². The van der Waals surface area contributed by atoms with E-state index >= 15 is 0 Å².